The van der Waals surface area contributed by atoms with Crippen molar-refractivity contribution in [2.24, 2.45) is 5.73 Å². The number of aliphatic hydroxyl groups is 4. The Hall–Kier alpha value is -1.19. The molecule has 1 aliphatic heterocycles. The quantitative estimate of drug-likeness (QED) is 0.334. The minimum atomic E-state index is -1.63. The predicted octanol–water partition coefficient (Wildman–Crippen LogP) is -0.883. The molecule has 0 amide bonds. The monoisotopic (exact) mass is 361 g/mol. The second-order valence-corrected chi connectivity index (χ2v) is 6.15. The molecule has 6 atom stereocenters. The summed E-state index contributed by atoms with van der Waals surface area (Å²) in [5.74, 6) is -1.29. The van der Waals surface area contributed by atoms with Crippen molar-refractivity contribution < 1.29 is 34.5 Å². The summed E-state index contributed by atoms with van der Waals surface area (Å²) in [6.07, 6.45) is -7.56. The molecule has 0 aromatic heterocycles. The summed E-state index contributed by atoms with van der Waals surface area (Å²) in [6.45, 7) is 0. The van der Waals surface area contributed by atoms with Gasteiger partial charge in [0.1, 0.15) is 35.2 Å². The van der Waals surface area contributed by atoms with Crippen LogP contribution in [0.4, 0.5) is 0 Å². The van der Waals surface area contributed by atoms with E-state index in [4.69, 9.17) is 27.4 Å². The molecule has 1 aromatic carbocycles. The van der Waals surface area contributed by atoms with Gasteiger partial charge in [-0.15, -0.1) is 0 Å². The lowest BCUT2D eigenvalue weighted by atomic mass is 9.99. The van der Waals surface area contributed by atoms with E-state index in [2.05, 4.69) is 0 Å². The highest BCUT2D eigenvalue weighted by atomic mass is 32.1. The van der Waals surface area contributed by atoms with Crippen molar-refractivity contribution in [2.45, 2.75) is 36.6 Å². The Balaban J connectivity index is 2.13. The van der Waals surface area contributed by atoms with Gasteiger partial charge in [-0.1, -0.05) is 12.2 Å². The minimum absolute atomic E-state index is 0.210. The molecular formula is C13H16NO7PS. The molecule has 0 spiro atoms. The first-order valence-corrected chi connectivity index (χ1v) is 7.91. The van der Waals surface area contributed by atoms with Crippen LogP contribution in [0.1, 0.15) is 5.56 Å². The maximum atomic E-state index is 10.8. The van der Waals surface area contributed by atoms with Gasteiger partial charge in [0.2, 0.25) is 6.29 Å². The first-order valence-electron chi connectivity index (χ1n) is 6.62. The molecule has 1 unspecified atom stereocenters. The normalized spacial score (nSPS) is 32.4. The lowest BCUT2D eigenvalue weighted by Gasteiger charge is -2.40. The van der Waals surface area contributed by atoms with Crippen molar-refractivity contribution in [3.05, 3.63) is 29.8 Å². The summed E-state index contributed by atoms with van der Waals surface area (Å²) in [4.78, 5) is 0.210. The molecule has 23 heavy (non-hydrogen) atoms. The van der Waals surface area contributed by atoms with E-state index < -0.39 is 45.0 Å². The standard InChI is InChI=1S/C13H16NO7PS/c14-11(23)5-1-3-6(4-2-5)20-13-9(17)7(15)8(16)10(21-13)12(18)22-19/h1-4,7-10,12-13,15-18H,(H2,14,23)/t7-,8-,9-,10-,12?,13-/m0/s1. The molecule has 6 N–H and O–H groups in total. The molecular weight excluding hydrogens is 345 g/mol. The van der Waals surface area contributed by atoms with Crippen molar-refractivity contribution in [3.63, 3.8) is 0 Å². The zero-order valence-electron chi connectivity index (χ0n) is 11.7. The highest BCUT2D eigenvalue weighted by molar-refractivity contribution is 7.80. The van der Waals surface area contributed by atoms with E-state index in [0.29, 0.717) is 5.56 Å². The van der Waals surface area contributed by atoms with Crippen LogP contribution in [0.25, 0.3) is 0 Å². The number of aliphatic hydroxyl groups excluding tert-OH is 4. The number of ether oxygens (including phenoxy) is 2. The Morgan fingerprint density at radius 2 is 1.83 bits per heavy atom. The second kappa shape index (κ2) is 7.59. The Kier molecular flexibility index (Phi) is 5.99. The van der Waals surface area contributed by atoms with Crippen molar-refractivity contribution in [1.82, 2.24) is 0 Å². The molecule has 126 valence electrons. The molecule has 1 heterocycles. The fourth-order valence-electron chi connectivity index (χ4n) is 2.11. The van der Waals surface area contributed by atoms with Crippen LogP contribution in [0, 0.1) is 0 Å². The van der Waals surface area contributed by atoms with Gasteiger partial charge in [0.25, 0.3) is 0 Å². The zero-order valence-corrected chi connectivity index (χ0v) is 13.4. The number of rotatable bonds is 5. The fourth-order valence-corrected chi connectivity index (χ4v) is 2.61. The molecule has 1 aliphatic rings. The van der Waals surface area contributed by atoms with Gasteiger partial charge in [0.05, 0.1) is 0 Å². The van der Waals surface area contributed by atoms with Gasteiger partial charge in [-0.25, -0.2) is 0 Å². The Labute approximate surface area is 138 Å². The molecule has 8 nitrogen and oxygen atoms in total. The second-order valence-electron chi connectivity index (χ2n) is 4.97. The molecule has 1 saturated heterocycles. The third-order valence-electron chi connectivity index (χ3n) is 3.40. The number of hydrogen-bond donors (Lipinski definition) is 5. The summed E-state index contributed by atoms with van der Waals surface area (Å²) in [5.41, 5.74) is 6.09. The molecule has 10 heteroatoms. The number of thiocarbonyl (C=S) groups is 1. The molecule has 0 bridgehead atoms. The lowest BCUT2D eigenvalue weighted by Crippen LogP contribution is -2.61. The Bertz CT molecular complexity index is 572. The summed E-state index contributed by atoms with van der Waals surface area (Å²) in [7, 11) is -0.688. The third kappa shape index (κ3) is 4.02. The van der Waals surface area contributed by atoms with Crippen LogP contribution in [0.2, 0.25) is 0 Å². The molecule has 0 saturated carbocycles. The maximum absolute atomic E-state index is 10.8. The topological polar surface area (TPSA) is 142 Å². The van der Waals surface area contributed by atoms with E-state index in [1.165, 1.54) is 12.1 Å². The van der Waals surface area contributed by atoms with Crippen LogP contribution >= 0.6 is 20.7 Å². The van der Waals surface area contributed by atoms with Crippen molar-refractivity contribution in [3.8, 4) is 5.75 Å². The average Bonchev–Trinajstić information content (AvgIpc) is 2.55. The largest absolute Gasteiger partial charge is 0.462 e. The van der Waals surface area contributed by atoms with Crippen molar-refractivity contribution >= 4 is 25.7 Å². The third-order valence-corrected chi connectivity index (χ3v) is 4.14. The van der Waals surface area contributed by atoms with E-state index in [1.54, 1.807) is 12.1 Å². The van der Waals surface area contributed by atoms with E-state index >= 15 is 0 Å². The molecule has 0 aliphatic carbocycles. The van der Waals surface area contributed by atoms with Crippen LogP contribution in [0.15, 0.2) is 24.3 Å². The van der Waals surface area contributed by atoms with Crippen molar-refractivity contribution in [1.29, 1.82) is 0 Å². The number of hydrogen-bond acceptors (Lipinski definition) is 8. The van der Waals surface area contributed by atoms with Gasteiger partial charge in [-0.2, -0.15) is 0 Å². The van der Waals surface area contributed by atoms with Gasteiger partial charge in [0.15, 0.2) is 14.3 Å². The Morgan fingerprint density at radius 3 is 2.35 bits per heavy atom. The summed E-state index contributed by atoms with van der Waals surface area (Å²) in [6, 6.07) is 6.25. The summed E-state index contributed by atoms with van der Waals surface area (Å²) in [5, 5.41) is 39.1. The predicted molar refractivity (Wildman–Crippen MR) is 83.3 cm³/mol. The summed E-state index contributed by atoms with van der Waals surface area (Å²) < 4.78 is 21.4. The molecule has 2 rings (SSSR count). The number of nitrogens with two attached hydrogens (primary N) is 1. The maximum Gasteiger partial charge on any atom is 0.229 e. The van der Waals surface area contributed by atoms with Crippen LogP contribution in [-0.4, -0.2) is 62.0 Å². The lowest BCUT2D eigenvalue weighted by molar-refractivity contribution is -0.281. The van der Waals surface area contributed by atoms with E-state index in [-0.39, 0.29) is 10.7 Å². The molecule has 1 fully saturated rings. The van der Waals surface area contributed by atoms with E-state index in [0.717, 1.165) is 0 Å². The Morgan fingerprint density at radius 1 is 1.22 bits per heavy atom. The van der Waals surface area contributed by atoms with Crippen LogP contribution in [-0.2, 0) is 9.30 Å². The molecule has 1 aromatic rings. The van der Waals surface area contributed by atoms with Crippen LogP contribution in [0.3, 0.4) is 0 Å². The number of benzene rings is 1. The zero-order chi connectivity index (χ0) is 17.1. The average molecular weight is 361 g/mol. The molecule has 0 radical (unpaired) electrons. The van der Waals surface area contributed by atoms with Crippen LogP contribution in [0.5, 0.6) is 5.75 Å². The van der Waals surface area contributed by atoms with E-state index in [9.17, 15) is 25.0 Å². The first kappa shape index (κ1) is 18.2. The van der Waals surface area contributed by atoms with E-state index in [1.807, 2.05) is 0 Å². The van der Waals surface area contributed by atoms with Crippen LogP contribution < -0.4 is 10.5 Å². The summed E-state index contributed by atoms with van der Waals surface area (Å²) >= 11 is 4.82. The highest BCUT2D eigenvalue weighted by Crippen LogP contribution is 2.28. The van der Waals surface area contributed by atoms with Crippen molar-refractivity contribution in [2.75, 3.05) is 0 Å². The van der Waals surface area contributed by atoms with Gasteiger partial charge < -0.3 is 35.6 Å². The minimum Gasteiger partial charge on any atom is -0.462 e. The SMILES string of the molecule is NC(=S)c1ccc(O[C@H]2O[C@H](C(O)P=O)[C@@H](O)[C@H](O)[C@@H]2O)cc1. The smallest absolute Gasteiger partial charge is 0.229 e. The van der Waals surface area contributed by atoms with Gasteiger partial charge in [0, 0.05) is 5.56 Å². The van der Waals surface area contributed by atoms with Gasteiger partial charge in [-0.3, -0.25) is 4.57 Å². The van der Waals surface area contributed by atoms with Gasteiger partial charge >= 0.3 is 0 Å². The first-order chi connectivity index (χ1) is 10.8. The fraction of sp³-hybridized carbons (Fsp3) is 0.462. The van der Waals surface area contributed by atoms with Gasteiger partial charge in [-0.05, 0) is 24.3 Å². The highest BCUT2D eigenvalue weighted by Gasteiger charge is 2.47.